The number of nitrogens with zero attached hydrogens (tertiary/aromatic N) is 2. The fraction of sp³-hybridized carbons (Fsp3) is 0.200. The number of para-hydroxylation sites is 1. The van der Waals surface area contributed by atoms with Crippen LogP contribution in [0.2, 0.25) is 0 Å². The maximum Gasteiger partial charge on any atom is 0.253 e. The van der Waals surface area contributed by atoms with Gasteiger partial charge in [0.05, 0.1) is 0 Å². The number of fused-ring (bicyclic) bond motifs is 1. The Morgan fingerprint density at radius 1 is 0.680 bits per heavy atom. The third kappa shape index (κ3) is 2.58. The Balaban J connectivity index is 1.60. The van der Waals surface area contributed by atoms with E-state index in [4.69, 9.17) is 0 Å². The van der Waals surface area contributed by atoms with E-state index in [0.717, 1.165) is 18.8 Å². The number of Topliss-reactive ketones (excluding diaryl/α,β-unsaturated/α-hetero) is 2. The van der Waals surface area contributed by atoms with E-state index in [1.807, 2.05) is 23.1 Å². The highest BCUT2D eigenvalue weighted by Crippen LogP contribution is 2.30. The SMILES string of the molecule is O=C1C(=O)c2ccccc2C(O)=C1N1CCN(c2ccccc2)CC1. The van der Waals surface area contributed by atoms with E-state index in [0.29, 0.717) is 18.7 Å². The van der Waals surface area contributed by atoms with Gasteiger partial charge in [0.1, 0.15) is 5.70 Å². The molecule has 5 nitrogen and oxygen atoms in total. The second-order valence-corrected chi connectivity index (χ2v) is 6.21. The number of carbonyl (C=O) groups is 2. The molecule has 1 saturated heterocycles. The fourth-order valence-corrected chi connectivity index (χ4v) is 3.47. The highest BCUT2D eigenvalue weighted by atomic mass is 16.3. The number of rotatable bonds is 2. The van der Waals surface area contributed by atoms with E-state index in [1.165, 1.54) is 0 Å². The Bertz CT molecular complexity index is 866. The molecular formula is C20H18N2O3. The normalized spacial score (nSPS) is 17.8. The van der Waals surface area contributed by atoms with Crippen molar-refractivity contribution in [2.24, 2.45) is 0 Å². The Hall–Kier alpha value is -3.08. The van der Waals surface area contributed by atoms with E-state index in [9.17, 15) is 14.7 Å². The van der Waals surface area contributed by atoms with Gasteiger partial charge >= 0.3 is 0 Å². The van der Waals surface area contributed by atoms with Crippen LogP contribution in [0.4, 0.5) is 5.69 Å². The summed E-state index contributed by atoms with van der Waals surface area (Å²) in [5.74, 6) is -1.26. The lowest BCUT2D eigenvalue weighted by Gasteiger charge is -2.38. The number of aliphatic hydroxyl groups is 1. The van der Waals surface area contributed by atoms with E-state index in [1.54, 1.807) is 24.3 Å². The van der Waals surface area contributed by atoms with Crippen molar-refractivity contribution in [1.29, 1.82) is 0 Å². The van der Waals surface area contributed by atoms with Crippen LogP contribution in [0.1, 0.15) is 15.9 Å². The average Bonchev–Trinajstić information content (AvgIpc) is 2.68. The number of piperazine rings is 1. The topological polar surface area (TPSA) is 60.9 Å². The molecule has 1 heterocycles. The van der Waals surface area contributed by atoms with Crippen molar-refractivity contribution in [1.82, 2.24) is 4.90 Å². The summed E-state index contributed by atoms with van der Waals surface area (Å²) >= 11 is 0. The molecule has 2 aromatic rings. The van der Waals surface area contributed by atoms with Crippen LogP contribution in [0.3, 0.4) is 0 Å². The second-order valence-electron chi connectivity index (χ2n) is 6.21. The third-order valence-corrected chi connectivity index (χ3v) is 4.79. The molecule has 4 rings (SSSR count). The van der Waals surface area contributed by atoms with Crippen molar-refractivity contribution in [3.63, 3.8) is 0 Å². The molecule has 1 fully saturated rings. The summed E-state index contributed by atoms with van der Waals surface area (Å²) in [7, 11) is 0. The van der Waals surface area contributed by atoms with Gasteiger partial charge < -0.3 is 14.9 Å². The predicted octanol–water partition coefficient (Wildman–Crippen LogP) is 2.50. The summed E-state index contributed by atoms with van der Waals surface area (Å²) in [5.41, 5.74) is 1.98. The van der Waals surface area contributed by atoms with E-state index in [2.05, 4.69) is 17.0 Å². The Kier molecular flexibility index (Phi) is 3.76. The van der Waals surface area contributed by atoms with E-state index < -0.39 is 11.6 Å². The van der Waals surface area contributed by atoms with Crippen molar-refractivity contribution in [2.75, 3.05) is 31.1 Å². The molecule has 2 aromatic carbocycles. The first-order valence-corrected chi connectivity index (χ1v) is 8.33. The van der Waals surface area contributed by atoms with Gasteiger partial charge in [-0.3, -0.25) is 9.59 Å². The molecule has 0 aromatic heterocycles. The summed E-state index contributed by atoms with van der Waals surface area (Å²) < 4.78 is 0. The van der Waals surface area contributed by atoms with Gasteiger partial charge in [0.15, 0.2) is 5.76 Å². The van der Waals surface area contributed by atoms with Crippen LogP contribution in [-0.4, -0.2) is 47.8 Å². The molecule has 0 amide bonds. The minimum atomic E-state index is -0.621. The monoisotopic (exact) mass is 334 g/mol. The Morgan fingerprint density at radius 2 is 1.24 bits per heavy atom. The lowest BCUT2D eigenvalue weighted by Crippen LogP contribution is -2.48. The Morgan fingerprint density at radius 3 is 1.92 bits per heavy atom. The van der Waals surface area contributed by atoms with Crippen molar-refractivity contribution in [3.05, 3.63) is 71.4 Å². The highest BCUT2D eigenvalue weighted by molar-refractivity contribution is 6.52. The van der Waals surface area contributed by atoms with Crippen molar-refractivity contribution < 1.29 is 14.7 Å². The molecule has 0 radical (unpaired) electrons. The molecule has 25 heavy (non-hydrogen) atoms. The lowest BCUT2D eigenvalue weighted by molar-refractivity contribution is -0.113. The van der Waals surface area contributed by atoms with Crippen LogP contribution in [0.25, 0.3) is 5.76 Å². The molecule has 126 valence electrons. The zero-order chi connectivity index (χ0) is 17.4. The van der Waals surface area contributed by atoms with E-state index in [-0.39, 0.29) is 17.0 Å². The average molecular weight is 334 g/mol. The molecule has 1 N–H and O–H groups in total. The largest absolute Gasteiger partial charge is 0.505 e. The van der Waals surface area contributed by atoms with Crippen LogP contribution < -0.4 is 4.90 Å². The minimum absolute atomic E-state index is 0.0895. The van der Waals surface area contributed by atoms with Gasteiger partial charge in [-0.05, 0) is 12.1 Å². The predicted molar refractivity (Wildman–Crippen MR) is 95.6 cm³/mol. The molecule has 0 saturated carbocycles. The van der Waals surface area contributed by atoms with Crippen molar-refractivity contribution in [2.45, 2.75) is 0 Å². The molecule has 0 spiro atoms. The van der Waals surface area contributed by atoms with Crippen LogP contribution in [0.5, 0.6) is 0 Å². The standard InChI is InChI=1S/C20H18N2O3/c23-18-15-8-4-5-9-16(15)19(24)20(25)17(18)22-12-10-21(11-13-22)14-6-2-1-3-7-14/h1-9,23H,10-13H2. The second kappa shape index (κ2) is 6.09. The first-order chi connectivity index (χ1) is 12.2. The number of hydrogen-bond donors (Lipinski definition) is 1. The van der Waals surface area contributed by atoms with Gasteiger partial charge in [0, 0.05) is 43.0 Å². The molecule has 1 aliphatic heterocycles. The van der Waals surface area contributed by atoms with Crippen LogP contribution in [0, 0.1) is 0 Å². The van der Waals surface area contributed by atoms with Gasteiger partial charge in [0.2, 0.25) is 5.78 Å². The van der Waals surface area contributed by atoms with Crippen molar-refractivity contribution >= 4 is 23.0 Å². The number of ketones is 2. The summed E-state index contributed by atoms with van der Waals surface area (Å²) in [5, 5.41) is 10.6. The quantitative estimate of drug-likeness (QED) is 0.855. The van der Waals surface area contributed by atoms with Gasteiger partial charge in [-0.25, -0.2) is 0 Å². The van der Waals surface area contributed by atoms with Crippen LogP contribution >= 0.6 is 0 Å². The summed E-state index contributed by atoms with van der Waals surface area (Å²) in [6.45, 7) is 2.61. The van der Waals surface area contributed by atoms with Crippen LogP contribution in [0.15, 0.2) is 60.3 Å². The first kappa shape index (κ1) is 15.4. The molecular weight excluding hydrogens is 316 g/mol. The van der Waals surface area contributed by atoms with Gasteiger partial charge in [0.25, 0.3) is 5.78 Å². The first-order valence-electron chi connectivity index (χ1n) is 8.33. The smallest absolute Gasteiger partial charge is 0.253 e. The molecule has 2 aliphatic rings. The van der Waals surface area contributed by atoms with Crippen LogP contribution in [-0.2, 0) is 4.79 Å². The maximum atomic E-state index is 12.5. The fourth-order valence-electron chi connectivity index (χ4n) is 3.47. The number of aliphatic hydroxyl groups excluding tert-OH is 1. The number of carbonyl (C=O) groups excluding carboxylic acids is 2. The summed E-state index contributed by atoms with van der Waals surface area (Å²) in [6, 6.07) is 16.8. The minimum Gasteiger partial charge on any atom is -0.505 e. The number of allylic oxidation sites excluding steroid dienone is 1. The highest BCUT2D eigenvalue weighted by Gasteiger charge is 2.36. The van der Waals surface area contributed by atoms with Crippen molar-refractivity contribution in [3.8, 4) is 0 Å². The maximum absolute atomic E-state index is 12.5. The zero-order valence-corrected chi connectivity index (χ0v) is 13.7. The van der Waals surface area contributed by atoms with Gasteiger partial charge in [-0.1, -0.05) is 42.5 Å². The third-order valence-electron chi connectivity index (χ3n) is 4.79. The number of anilines is 1. The molecule has 0 atom stereocenters. The lowest BCUT2D eigenvalue weighted by atomic mass is 9.91. The van der Waals surface area contributed by atoms with Gasteiger partial charge in [-0.2, -0.15) is 0 Å². The van der Waals surface area contributed by atoms with Gasteiger partial charge in [-0.15, -0.1) is 0 Å². The molecule has 0 bridgehead atoms. The number of benzene rings is 2. The summed E-state index contributed by atoms with van der Waals surface area (Å²) in [6.07, 6.45) is 0. The summed E-state index contributed by atoms with van der Waals surface area (Å²) in [4.78, 5) is 29.0. The number of hydrogen-bond acceptors (Lipinski definition) is 5. The molecule has 0 unspecified atom stereocenters. The molecule has 5 heteroatoms. The molecule has 1 aliphatic carbocycles. The zero-order valence-electron chi connectivity index (χ0n) is 13.7. The Labute approximate surface area is 145 Å². The van der Waals surface area contributed by atoms with E-state index >= 15 is 0 Å².